The largest absolute Gasteiger partial charge is 0.481 e. The smallest absolute Gasteiger partial charge is 0.326 e. The van der Waals surface area contributed by atoms with Gasteiger partial charge in [-0.2, -0.15) is 0 Å². The average molecular weight is 485 g/mol. The Kier molecular flexibility index (Phi) is 10.6. The molecule has 5 unspecified atom stereocenters. The molecule has 0 aliphatic rings. The number of carbonyl (C=O) groups excluding carboxylic acids is 4. The molecule has 0 aromatic carbocycles. The molecule has 0 bridgehead atoms. The fourth-order valence-corrected chi connectivity index (χ4v) is 2.71. The lowest BCUT2D eigenvalue weighted by Gasteiger charge is -2.25. The molecule has 16 nitrogen and oxygen atoms in total. The molecule has 0 aliphatic carbocycles. The molecule has 0 aliphatic heterocycles. The number of carbonyl (C=O) groups is 6. The normalized spacial score (nSPS) is 15.1. The first-order valence-corrected chi connectivity index (χ1v) is 9.86. The van der Waals surface area contributed by atoms with Gasteiger partial charge in [0.05, 0.1) is 31.3 Å². The number of nitrogens with zero attached hydrogens (tertiary/aromatic N) is 1. The molecule has 0 spiro atoms. The summed E-state index contributed by atoms with van der Waals surface area (Å²) in [5.74, 6) is -7.38. The molecule has 0 radical (unpaired) electrons. The number of nitrogens with one attached hydrogen (secondary N) is 4. The van der Waals surface area contributed by atoms with Crippen molar-refractivity contribution in [3.8, 4) is 0 Å². The zero-order valence-corrected chi connectivity index (χ0v) is 18.1. The molecule has 11 N–H and O–H groups in total. The van der Waals surface area contributed by atoms with E-state index in [9.17, 15) is 33.9 Å². The van der Waals surface area contributed by atoms with Crippen molar-refractivity contribution in [2.45, 2.75) is 56.5 Å². The molecule has 1 heterocycles. The molecule has 1 rings (SSSR count). The van der Waals surface area contributed by atoms with Crippen molar-refractivity contribution in [1.29, 1.82) is 0 Å². The quantitative estimate of drug-likeness (QED) is 0.121. The number of carboxylic acids is 2. The number of aromatic nitrogens is 2. The molecular weight excluding hydrogens is 458 g/mol. The van der Waals surface area contributed by atoms with Gasteiger partial charge < -0.3 is 47.7 Å². The van der Waals surface area contributed by atoms with Crippen molar-refractivity contribution in [3.63, 3.8) is 0 Å². The van der Waals surface area contributed by atoms with E-state index < -0.39 is 78.7 Å². The van der Waals surface area contributed by atoms with Crippen LogP contribution in [0.2, 0.25) is 0 Å². The van der Waals surface area contributed by atoms with Crippen LogP contribution in [0.3, 0.4) is 0 Å². The van der Waals surface area contributed by atoms with Gasteiger partial charge in [0.1, 0.15) is 18.1 Å². The summed E-state index contributed by atoms with van der Waals surface area (Å²) in [6, 6.07) is -6.33. The Hall–Kier alpha value is -4.05. The monoisotopic (exact) mass is 485 g/mol. The highest BCUT2D eigenvalue weighted by atomic mass is 16.4. The number of hydrogen-bond donors (Lipinski definition) is 9. The van der Waals surface area contributed by atoms with Gasteiger partial charge in [0.2, 0.25) is 23.6 Å². The van der Waals surface area contributed by atoms with Gasteiger partial charge in [0, 0.05) is 18.3 Å². The minimum absolute atomic E-state index is 0.0346. The van der Waals surface area contributed by atoms with E-state index in [0.29, 0.717) is 5.69 Å². The lowest BCUT2D eigenvalue weighted by Crippen LogP contribution is -2.60. The van der Waals surface area contributed by atoms with Crippen LogP contribution in [0.5, 0.6) is 0 Å². The zero-order chi connectivity index (χ0) is 26.0. The van der Waals surface area contributed by atoms with Crippen LogP contribution in [-0.2, 0) is 35.2 Å². The maximum Gasteiger partial charge on any atom is 0.326 e. The van der Waals surface area contributed by atoms with Crippen molar-refractivity contribution in [1.82, 2.24) is 25.9 Å². The number of primary amides is 1. The summed E-state index contributed by atoms with van der Waals surface area (Å²) in [4.78, 5) is 77.3. The van der Waals surface area contributed by atoms with Crippen LogP contribution in [-0.4, -0.2) is 91.1 Å². The summed E-state index contributed by atoms with van der Waals surface area (Å²) in [6.07, 6.45) is -0.378. The zero-order valence-electron chi connectivity index (χ0n) is 18.1. The lowest BCUT2D eigenvalue weighted by molar-refractivity contribution is -0.147. The summed E-state index contributed by atoms with van der Waals surface area (Å²) in [5.41, 5.74) is 11.4. The Morgan fingerprint density at radius 1 is 1.00 bits per heavy atom. The number of H-pyrrole nitrogens is 1. The topological polar surface area (TPSA) is 280 Å². The molecule has 1 aromatic rings. The highest BCUT2D eigenvalue weighted by molar-refractivity contribution is 5.96. The van der Waals surface area contributed by atoms with Crippen molar-refractivity contribution in [2.24, 2.45) is 11.5 Å². The molecule has 16 heteroatoms. The standard InChI is InChI=1S/C18H27N7O9/c1-7(26)14(25-15(30)9(19)2-8-5-21-6-22-8)17(32)23-10(3-12(20)27)16(31)24-11(18(33)34)4-13(28)29/h5-7,9-11,14,26H,2-4,19H2,1H3,(H2,20,27)(H,21,22)(H,23,32)(H,24,31)(H,25,30)(H,28,29)(H,33,34). The molecule has 1 aromatic heterocycles. The molecule has 4 amide bonds. The van der Waals surface area contributed by atoms with Gasteiger partial charge in [0.15, 0.2) is 0 Å². The highest BCUT2D eigenvalue weighted by Gasteiger charge is 2.33. The number of rotatable bonds is 14. The third-order valence-corrected chi connectivity index (χ3v) is 4.43. The first-order valence-electron chi connectivity index (χ1n) is 9.86. The van der Waals surface area contributed by atoms with E-state index in [1.165, 1.54) is 19.4 Å². The van der Waals surface area contributed by atoms with Gasteiger partial charge >= 0.3 is 11.9 Å². The number of imidazole rings is 1. The first-order chi connectivity index (χ1) is 15.8. The van der Waals surface area contributed by atoms with Crippen LogP contribution < -0.4 is 27.4 Å². The fourth-order valence-electron chi connectivity index (χ4n) is 2.71. The Labute approximate surface area is 192 Å². The average Bonchev–Trinajstić information content (AvgIpc) is 3.22. The van der Waals surface area contributed by atoms with Gasteiger partial charge in [-0.05, 0) is 6.92 Å². The van der Waals surface area contributed by atoms with E-state index in [1.54, 1.807) is 0 Å². The molecule has 0 fully saturated rings. The van der Waals surface area contributed by atoms with E-state index in [-0.39, 0.29) is 6.42 Å². The number of hydrogen-bond acceptors (Lipinski definition) is 9. The van der Waals surface area contributed by atoms with E-state index in [0.717, 1.165) is 0 Å². The third kappa shape index (κ3) is 9.21. The van der Waals surface area contributed by atoms with E-state index in [2.05, 4.69) is 20.6 Å². The van der Waals surface area contributed by atoms with Crippen LogP contribution in [0.4, 0.5) is 0 Å². The van der Waals surface area contributed by atoms with Crippen LogP contribution in [0.25, 0.3) is 0 Å². The lowest BCUT2D eigenvalue weighted by atomic mass is 10.1. The summed E-state index contributed by atoms with van der Waals surface area (Å²) in [5, 5.41) is 34.0. The SMILES string of the molecule is CC(O)C(NC(=O)C(N)Cc1cnc[nH]1)C(=O)NC(CC(N)=O)C(=O)NC(CC(=O)O)C(=O)O. The second-order valence-electron chi connectivity index (χ2n) is 7.34. The van der Waals surface area contributed by atoms with E-state index in [4.69, 9.17) is 21.7 Å². The summed E-state index contributed by atoms with van der Waals surface area (Å²) in [7, 11) is 0. The van der Waals surface area contributed by atoms with Crippen molar-refractivity contribution in [3.05, 3.63) is 18.2 Å². The Morgan fingerprint density at radius 2 is 1.62 bits per heavy atom. The molecule has 34 heavy (non-hydrogen) atoms. The van der Waals surface area contributed by atoms with Crippen LogP contribution in [0.15, 0.2) is 12.5 Å². The van der Waals surface area contributed by atoms with Gasteiger partial charge in [-0.1, -0.05) is 0 Å². The summed E-state index contributed by atoms with van der Waals surface area (Å²) in [6.45, 7) is 1.17. The second kappa shape index (κ2) is 12.9. The van der Waals surface area contributed by atoms with Crippen LogP contribution in [0.1, 0.15) is 25.5 Å². The van der Waals surface area contributed by atoms with Gasteiger partial charge in [-0.3, -0.25) is 24.0 Å². The predicted octanol–water partition coefficient (Wildman–Crippen LogP) is -4.45. The third-order valence-electron chi connectivity index (χ3n) is 4.43. The minimum atomic E-state index is -1.86. The summed E-state index contributed by atoms with van der Waals surface area (Å²) >= 11 is 0. The van der Waals surface area contributed by atoms with E-state index >= 15 is 0 Å². The van der Waals surface area contributed by atoms with E-state index in [1.807, 2.05) is 5.32 Å². The number of nitrogens with two attached hydrogens (primary N) is 2. The summed E-state index contributed by atoms with van der Waals surface area (Å²) < 4.78 is 0. The number of carboxylic acid groups (broad SMARTS) is 2. The number of aliphatic carboxylic acids is 2. The Balaban J connectivity index is 2.92. The van der Waals surface area contributed by atoms with Crippen molar-refractivity contribution >= 4 is 35.6 Å². The maximum atomic E-state index is 12.7. The molecule has 5 atom stereocenters. The number of aliphatic hydroxyl groups is 1. The first kappa shape index (κ1) is 28.0. The highest BCUT2D eigenvalue weighted by Crippen LogP contribution is 2.03. The second-order valence-corrected chi connectivity index (χ2v) is 7.34. The number of aliphatic hydroxyl groups excluding tert-OH is 1. The van der Waals surface area contributed by atoms with Gasteiger partial charge in [-0.15, -0.1) is 0 Å². The predicted molar refractivity (Wildman–Crippen MR) is 111 cm³/mol. The number of aromatic amines is 1. The molecular formula is C18H27N7O9. The van der Waals surface area contributed by atoms with Gasteiger partial charge in [0.25, 0.3) is 0 Å². The van der Waals surface area contributed by atoms with Crippen molar-refractivity contribution in [2.75, 3.05) is 0 Å². The Bertz CT molecular complexity index is 904. The fraction of sp³-hybridized carbons (Fsp3) is 0.500. The molecule has 188 valence electrons. The van der Waals surface area contributed by atoms with Crippen LogP contribution in [0, 0.1) is 0 Å². The van der Waals surface area contributed by atoms with Crippen molar-refractivity contribution < 1.29 is 44.1 Å². The Morgan fingerprint density at radius 3 is 2.09 bits per heavy atom. The minimum Gasteiger partial charge on any atom is -0.481 e. The number of amides is 4. The van der Waals surface area contributed by atoms with Crippen LogP contribution >= 0.6 is 0 Å². The van der Waals surface area contributed by atoms with Gasteiger partial charge in [-0.25, -0.2) is 9.78 Å². The molecule has 0 saturated heterocycles. The molecule has 0 saturated carbocycles. The maximum absolute atomic E-state index is 12.7.